The van der Waals surface area contributed by atoms with Gasteiger partial charge in [-0.1, -0.05) is 25.1 Å². The number of nitrogens with zero attached hydrogens (tertiary/aromatic N) is 1. The molecule has 2 rings (SSSR count). The molecule has 1 N–H and O–H groups in total. The van der Waals surface area contributed by atoms with E-state index in [1.807, 2.05) is 19.1 Å². The van der Waals surface area contributed by atoms with Gasteiger partial charge in [0, 0.05) is 25.1 Å². The fraction of sp³-hybridized carbons (Fsp3) is 0.350. The van der Waals surface area contributed by atoms with Crippen LogP contribution in [0.25, 0.3) is 0 Å². The van der Waals surface area contributed by atoms with Crippen molar-refractivity contribution in [3.63, 3.8) is 0 Å². The van der Waals surface area contributed by atoms with Gasteiger partial charge in [-0.25, -0.2) is 0 Å². The Balaban J connectivity index is 1.82. The number of carbonyl (C=O) groups is 1. The van der Waals surface area contributed by atoms with E-state index in [2.05, 4.69) is 5.32 Å². The van der Waals surface area contributed by atoms with Crippen molar-refractivity contribution in [1.29, 1.82) is 0 Å². The molecule has 0 heterocycles. The maximum atomic E-state index is 12.1. The highest BCUT2D eigenvalue weighted by Gasteiger charge is 2.12. The summed E-state index contributed by atoms with van der Waals surface area (Å²) in [5.74, 6) is 1.36. The Bertz CT molecular complexity index is 789. The van der Waals surface area contributed by atoms with Gasteiger partial charge in [0.1, 0.15) is 0 Å². The van der Waals surface area contributed by atoms with Gasteiger partial charge in [0.25, 0.3) is 5.69 Å². The first kappa shape index (κ1) is 20.2. The summed E-state index contributed by atoms with van der Waals surface area (Å²) in [5, 5.41) is 13.6. The molecule has 1 amide bonds. The third-order valence-electron chi connectivity index (χ3n) is 4.41. The molecule has 0 bridgehead atoms. The largest absolute Gasteiger partial charge is 0.493 e. The number of nitrogens with one attached hydrogen (secondary N) is 1. The maximum absolute atomic E-state index is 12.1. The lowest BCUT2D eigenvalue weighted by molar-refractivity contribution is -0.384. The molecule has 7 nitrogen and oxygen atoms in total. The van der Waals surface area contributed by atoms with Gasteiger partial charge in [-0.15, -0.1) is 0 Å². The molecule has 0 aliphatic rings. The monoisotopic (exact) mass is 372 g/mol. The first-order valence-corrected chi connectivity index (χ1v) is 8.66. The van der Waals surface area contributed by atoms with Crippen LogP contribution in [0.5, 0.6) is 11.5 Å². The number of ether oxygens (including phenoxy) is 2. The quantitative estimate of drug-likeness (QED) is 0.534. The van der Waals surface area contributed by atoms with Crippen molar-refractivity contribution >= 4 is 11.6 Å². The van der Waals surface area contributed by atoms with Crippen molar-refractivity contribution in [2.45, 2.75) is 32.2 Å². The minimum atomic E-state index is -0.421. The number of nitro benzene ring substituents is 1. The molecule has 0 fully saturated rings. The summed E-state index contributed by atoms with van der Waals surface area (Å²) in [7, 11) is 3.14. The first-order chi connectivity index (χ1) is 12.9. The predicted octanol–water partition coefficient (Wildman–Crippen LogP) is 3.81. The minimum Gasteiger partial charge on any atom is -0.493 e. The molecule has 1 unspecified atom stereocenters. The zero-order valence-corrected chi connectivity index (χ0v) is 15.7. The van der Waals surface area contributed by atoms with Crippen LogP contribution in [0.4, 0.5) is 5.69 Å². The second-order valence-corrected chi connectivity index (χ2v) is 6.25. The van der Waals surface area contributed by atoms with Gasteiger partial charge >= 0.3 is 0 Å². The zero-order chi connectivity index (χ0) is 19.8. The van der Waals surface area contributed by atoms with Crippen LogP contribution >= 0.6 is 0 Å². The van der Waals surface area contributed by atoms with E-state index >= 15 is 0 Å². The fourth-order valence-electron chi connectivity index (χ4n) is 2.72. The Kier molecular flexibility index (Phi) is 7.16. The van der Waals surface area contributed by atoms with Crippen LogP contribution in [0, 0.1) is 10.1 Å². The van der Waals surface area contributed by atoms with Crippen molar-refractivity contribution < 1.29 is 19.2 Å². The molecule has 0 radical (unpaired) electrons. The molecule has 1 atom stereocenters. The smallest absolute Gasteiger partial charge is 0.269 e. The van der Waals surface area contributed by atoms with Crippen LogP contribution in [0.2, 0.25) is 0 Å². The van der Waals surface area contributed by atoms with Gasteiger partial charge in [0.15, 0.2) is 11.5 Å². The SMILES string of the molecule is COc1ccc(CNC(=O)CCC(C)c2ccc([N+](=O)[O-])cc2)cc1OC. The van der Waals surface area contributed by atoms with Gasteiger partial charge in [-0.05, 0) is 35.6 Å². The standard InChI is InChI=1S/C20H24N2O5/c1-14(16-6-8-17(9-7-16)22(24)25)4-11-20(23)21-13-15-5-10-18(26-2)19(12-15)27-3/h5-10,12,14H,4,11,13H2,1-3H3,(H,21,23). The van der Waals surface area contributed by atoms with Gasteiger partial charge in [0.05, 0.1) is 19.1 Å². The maximum Gasteiger partial charge on any atom is 0.269 e. The van der Waals surface area contributed by atoms with Crippen LogP contribution in [-0.4, -0.2) is 25.1 Å². The Hall–Kier alpha value is -3.09. The molecular formula is C20H24N2O5. The van der Waals surface area contributed by atoms with Gasteiger partial charge in [0.2, 0.25) is 5.91 Å². The highest BCUT2D eigenvalue weighted by atomic mass is 16.6. The number of amides is 1. The lowest BCUT2D eigenvalue weighted by Crippen LogP contribution is -2.22. The van der Waals surface area contributed by atoms with Gasteiger partial charge < -0.3 is 14.8 Å². The number of non-ortho nitro benzene ring substituents is 1. The molecule has 2 aromatic rings. The molecule has 27 heavy (non-hydrogen) atoms. The van der Waals surface area contributed by atoms with E-state index < -0.39 is 4.92 Å². The Morgan fingerprint density at radius 1 is 1.11 bits per heavy atom. The summed E-state index contributed by atoms with van der Waals surface area (Å²) in [4.78, 5) is 22.4. The molecular weight excluding hydrogens is 348 g/mol. The molecule has 144 valence electrons. The summed E-state index contributed by atoms with van der Waals surface area (Å²) in [5.41, 5.74) is 1.97. The Morgan fingerprint density at radius 2 is 1.78 bits per heavy atom. The highest BCUT2D eigenvalue weighted by Crippen LogP contribution is 2.27. The van der Waals surface area contributed by atoms with E-state index in [4.69, 9.17) is 9.47 Å². The van der Waals surface area contributed by atoms with Crippen LogP contribution in [0.15, 0.2) is 42.5 Å². The molecule has 0 saturated carbocycles. The number of hydrogen-bond acceptors (Lipinski definition) is 5. The molecule has 0 aliphatic carbocycles. The van der Waals surface area contributed by atoms with Crippen molar-refractivity contribution in [1.82, 2.24) is 5.32 Å². The zero-order valence-electron chi connectivity index (χ0n) is 15.7. The van der Waals surface area contributed by atoms with Crippen molar-refractivity contribution in [2.24, 2.45) is 0 Å². The second kappa shape index (κ2) is 9.56. The molecule has 0 aromatic heterocycles. The number of methoxy groups -OCH3 is 2. The topological polar surface area (TPSA) is 90.7 Å². The van der Waals surface area contributed by atoms with E-state index in [-0.39, 0.29) is 17.5 Å². The minimum absolute atomic E-state index is 0.0430. The van der Waals surface area contributed by atoms with Crippen LogP contribution in [0.1, 0.15) is 36.8 Å². The summed E-state index contributed by atoms with van der Waals surface area (Å²) >= 11 is 0. The molecule has 2 aromatic carbocycles. The lowest BCUT2D eigenvalue weighted by atomic mass is 9.96. The van der Waals surface area contributed by atoms with E-state index in [0.29, 0.717) is 30.9 Å². The van der Waals surface area contributed by atoms with Gasteiger partial charge in [-0.2, -0.15) is 0 Å². The average molecular weight is 372 g/mol. The number of nitro groups is 1. The fourth-order valence-corrected chi connectivity index (χ4v) is 2.72. The molecule has 0 saturated heterocycles. The third-order valence-corrected chi connectivity index (χ3v) is 4.41. The third kappa shape index (κ3) is 5.70. The normalized spacial score (nSPS) is 11.5. The van der Waals surface area contributed by atoms with E-state index in [9.17, 15) is 14.9 Å². The summed E-state index contributed by atoms with van der Waals surface area (Å²) in [6, 6.07) is 12.0. The van der Waals surface area contributed by atoms with E-state index in [1.54, 1.807) is 32.4 Å². The van der Waals surface area contributed by atoms with Crippen molar-refractivity contribution in [2.75, 3.05) is 14.2 Å². The van der Waals surface area contributed by atoms with Crippen molar-refractivity contribution in [3.8, 4) is 11.5 Å². The summed E-state index contributed by atoms with van der Waals surface area (Å²) in [6.45, 7) is 2.41. The predicted molar refractivity (Wildman–Crippen MR) is 102 cm³/mol. The number of hydrogen-bond donors (Lipinski definition) is 1. The van der Waals surface area contributed by atoms with Crippen LogP contribution < -0.4 is 14.8 Å². The first-order valence-electron chi connectivity index (χ1n) is 8.66. The number of rotatable bonds is 9. The van der Waals surface area contributed by atoms with E-state index in [0.717, 1.165) is 11.1 Å². The molecule has 0 aliphatic heterocycles. The Labute approximate surface area is 158 Å². The second-order valence-electron chi connectivity index (χ2n) is 6.25. The van der Waals surface area contributed by atoms with Crippen molar-refractivity contribution in [3.05, 3.63) is 63.7 Å². The van der Waals surface area contributed by atoms with Crippen LogP contribution in [0.3, 0.4) is 0 Å². The number of carbonyl (C=O) groups excluding carboxylic acids is 1. The summed E-state index contributed by atoms with van der Waals surface area (Å²) < 4.78 is 10.4. The highest BCUT2D eigenvalue weighted by molar-refractivity contribution is 5.76. The summed E-state index contributed by atoms with van der Waals surface area (Å²) in [6.07, 6.45) is 1.04. The molecule has 7 heteroatoms. The van der Waals surface area contributed by atoms with Crippen LogP contribution in [-0.2, 0) is 11.3 Å². The molecule has 0 spiro atoms. The van der Waals surface area contributed by atoms with E-state index in [1.165, 1.54) is 12.1 Å². The Morgan fingerprint density at radius 3 is 2.37 bits per heavy atom. The lowest BCUT2D eigenvalue weighted by Gasteiger charge is -2.13. The number of benzene rings is 2. The van der Waals surface area contributed by atoms with Gasteiger partial charge in [-0.3, -0.25) is 14.9 Å². The average Bonchev–Trinajstić information content (AvgIpc) is 2.70.